The lowest BCUT2D eigenvalue weighted by Gasteiger charge is -2.08. The van der Waals surface area contributed by atoms with E-state index in [9.17, 15) is 18.4 Å². The highest BCUT2D eigenvalue weighted by Crippen LogP contribution is 2.14. The highest BCUT2D eigenvalue weighted by Gasteiger charge is 2.08. The fraction of sp³-hybridized carbons (Fsp3) is 0.176. The van der Waals surface area contributed by atoms with E-state index in [-0.39, 0.29) is 30.7 Å². The van der Waals surface area contributed by atoms with Crippen molar-refractivity contribution >= 4 is 23.4 Å². The van der Waals surface area contributed by atoms with Crippen LogP contribution in [-0.2, 0) is 0 Å². The third-order valence-corrected chi connectivity index (χ3v) is 3.40. The summed E-state index contributed by atoms with van der Waals surface area (Å²) in [4.78, 5) is 23.8. The van der Waals surface area contributed by atoms with Gasteiger partial charge in [0.05, 0.1) is 0 Å². The van der Waals surface area contributed by atoms with Gasteiger partial charge in [0.1, 0.15) is 5.75 Å². The molecule has 0 saturated carbocycles. The smallest absolute Gasteiger partial charge is 0.387 e. The van der Waals surface area contributed by atoms with Crippen LogP contribution in [0.4, 0.5) is 8.78 Å². The summed E-state index contributed by atoms with van der Waals surface area (Å²) in [7, 11) is 0. The number of rotatable bonds is 7. The Kier molecular flexibility index (Phi) is 6.71. The van der Waals surface area contributed by atoms with Crippen LogP contribution in [0.15, 0.2) is 48.5 Å². The van der Waals surface area contributed by atoms with Crippen LogP contribution >= 0.6 is 11.6 Å². The van der Waals surface area contributed by atoms with Crippen LogP contribution < -0.4 is 15.4 Å². The molecule has 2 aromatic carbocycles. The number of halogens is 3. The third-order valence-electron chi connectivity index (χ3n) is 3.14. The minimum Gasteiger partial charge on any atom is -0.435 e. The van der Waals surface area contributed by atoms with E-state index in [1.165, 1.54) is 24.3 Å². The van der Waals surface area contributed by atoms with E-state index in [1.807, 2.05) is 0 Å². The second-order valence-corrected chi connectivity index (χ2v) is 5.36. The van der Waals surface area contributed by atoms with E-state index in [0.717, 1.165) is 0 Å². The predicted octanol–water partition coefficient (Wildman–Crippen LogP) is 3.10. The molecular weight excluding hydrogens is 354 g/mol. The van der Waals surface area contributed by atoms with Crippen LogP contribution in [0, 0.1) is 0 Å². The predicted molar refractivity (Wildman–Crippen MR) is 89.2 cm³/mol. The average molecular weight is 369 g/mol. The van der Waals surface area contributed by atoms with Crippen LogP contribution in [0.1, 0.15) is 20.7 Å². The maximum atomic E-state index is 12.1. The molecule has 8 heteroatoms. The molecule has 2 amide bonds. The first-order valence-electron chi connectivity index (χ1n) is 7.32. The van der Waals surface area contributed by atoms with Gasteiger partial charge in [0, 0.05) is 29.2 Å². The van der Waals surface area contributed by atoms with Gasteiger partial charge in [-0.3, -0.25) is 9.59 Å². The summed E-state index contributed by atoms with van der Waals surface area (Å²) in [6.45, 7) is -2.46. The zero-order valence-electron chi connectivity index (χ0n) is 13.0. The zero-order chi connectivity index (χ0) is 18.2. The van der Waals surface area contributed by atoms with Gasteiger partial charge in [0.15, 0.2) is 0 Å². The lowest BCUT2D eigenvalue weighted by molar-refractivity contribution is -0.0498. The molecule has 0 unspecified atom stereocenters. The molecule has 5 nitrogen and oxygen atoms in total. The van der Waals surface area contributed by atoms with Crippen molar-refractivity contribution in [3.63, 3.8) is 0 Å². The average Bonchev–Trinajstić information content (AvgIpc) is 2.59. The molecule has 0 atom stereocenters. The minimum atomic E-state index is -2.91. The Balaban J connectivity index is 1.74. The van der Waals surface area contributed by atoms with Gasteiger partial charge in [-0.25, -0.2) is 0 Å². The molecule has 0 spiro atoms. The van der Waals surface area contributed by atoms with Gasteiger partial charge in [0.2, 0.25) is 0 Å². The fourth-order valence-electron chi connectivity index (χ4n) is 1.95. The number of amides is 2. The van der Waals surface area contributed by atoms with Gasteiger partial charge < -0.3 is 15.4 Å². The quantitative estimate of drug-likeness (QED) is 0.738. The van der Waals surface area contributed by atoms with Gasteiger partial charge >= 0.3 is 6.61 Å². The maximum Gasteiger partial charge on any atom is 0.387 e. The number of alkyl halides is 2. The fourth-order valence-corrected chi connectivity index (χ4v) is 2.07. The lowest BCUT2D eigenvalue weighted by atomic mass is 10.2. The molecule has 0 aliphatic rings. The van der Waals surface area contributed by atoms with Crippen molar-refractivity contribution in [3.8, 4) is 5.75 Å². The Morgan fingerprint density at radius 2 is 1.32 bits per heavy atom. The highest BCUT2D eigenvalue weighted by molar-refractivity contribution is 6.30. The third kappa shape index (κ3) is 6.04. The summed E-state index contributed by atoms with van der Waals surface area (Å²) < 4.78 is 28.3. The van der Waals surface area contributed by atoms with Crippen LogP contribution in [0.2, 0.25) is 5.02 Å². The molecule has 0 fully saturated rings. The van der Waals surface area contributed by atoms with Crippen molar-refractivity contribution < 1.29 is 23.1 Å². The molecule has 0 heterocycles. The Bertz CT molecular complexity index is 722. The van der Waals surface area contributed by atoms with Gasteiger partial charge in [-0.15, -0.1) is 0 Å². The van der Waals surface area contributed by atoms with E-state index >= 15 is 0 Å². The number of hydrogen-bond donors (Lipinski definition) is 2. The zero-order valence-corrected chi connectivity index (χ0v) is 13.7. The van der Waals surface area contributed by atoms with Crippen molar-refractivity contribution in [2.45, 2.75) is 6.61 Å². The van der Waals surface area contributed by atoms with Gasteiger partial charge in [-0.05, 0) is 48.5 Å². The van der Waals surface area contributed by atoms with Gasteiger partial charge in [0.25, 0.3) is 11.8 Å². The molecule has 0 aliphatic heterocycles. The number of nitrogens with one attached hydrogen (secondary N) is 2. The molecule has 0 bridgehead atoms. The second-order valence-electron chi connectivity index (χ2n) is 4.92. The molecule has 0 aromatic heterocycles. The SMILES string of the molecule is O=C(NCCNC(=O)c1ccc(OC(F)F)cc1)c1ccc(Cl)cc1. The van der Waals surface area contributed by atoms with Gasteiger partial charge in [-0.1, -0.05) is 11.6 Å². The van der Waals surface area contributed by atoms with Gasteiger partial charge in [-0.2, -0.15) is 8.78 Å². The summed E-state index contributed by atoms with van der Waals surface area (Å²) in [5.74, 6) is -0.689. The van der Waals surface area contributed by atoms with Crippen LogP contribution in [0.3, 0.4) is 0 Å². The largest absolute Gasteiger partial charge is 0.435 e. The number of carbonyl (C=O) groups is 2. The number of benzene rings is 2. The minimum absolute atomic E-state index is 0.0261. The molecule has 0 aliphatic carbocycles. The molecule has 25 heavy (non-hydrogen) atoms. The van der Waals surface area contributed by atoms with Crippen LogP contribution in [0.5, 0.6) is 5.75 Å². The molecular formula is C17H15ClF2N2O3. The number of hydrogen-bond acceptors (Lipinski definition) is 3. The number of carbonyl (C=O) groups excluding carboxylic acids is 2. The summed E-state index contributed by atoms with van der Waals surface area (Å²) in [6.07, 6.45) is 0. The second kappa shape index (κ2) is 8.98. The van der Waals surface area contributed by atoms with E-state index in [0.29, 0.717) is 16.1 Å². The van der Waals surface area contributed by atoms with Crippen molar-refractivity contribution in [1.82, 2.24) is 10.6 Å². The Labute approximate surface area is 147 Å². The standard InChI is InChI=1S/C17H15ClF2N2O3/c18-13-5-1-11(2-6-13)15(23)21-9-10-22-16(24)12-3-7-14(8-4-12)25-17(19)20/h1-8,17H,9-10H2,(H,21,23)(H,22,24). The molecule has 0 radical (unpaired) electrons. The van der Waals surface area contributed by atoms with E-state index in [2.05, 4.69) is 15.4 Å². The first-order valence-corrected chi connectivity index (χ1v) is 7.70. The van der Waals surface area contributed by atoms with E-state index < -0.39 is 6.61 Å². The molecule has 2 aromatic rings. The highest BCUT2D eigenvalue weighted by atomic mass is 35.5. The van der Waals surface area contributed by atoms with Crippen molar-refractivity contribution in [1.29, 1.82) is 0 Å². The molecule has 0 saturated heterocycles. The first-order chi connectivity index (χ1) is 12.0. The van der Waals surface area contributed by atoms with Crippen LogP contribution in [0.25, 0.3) is 0 Å². The summed E-state index contributed by atoms with van der Waals surface area (Å²) in [6, 6.07) is 11.7. The lowest BCUT2D eigenvalue weighted by Crippen LogP contribution is -2.34. The van der Waals surface area contributed by atoms with Crippen molar-refractivity contribution in [2.75, 3.05) is 13.1 Å². The number of ether oxygens (including phenoxy) is 1. The molecule has 132 valence electrons. The normalized spacial score (nSPS) is 10.4. The van der Waals surface area contributed by atoms with Crippen molar-refractivity contribution in [3.05, 3.63) is 64.7 Å². The maximum absolute atomic E-state index is 12.1. The summed E-state index contributed by atoms with van der Waals surface area (Å²) >= 11 is 5.75. The molecule has 2 N–H and O–H groups in total. The summed E-state index contributed by atoms with van der Waals surface area (Å²) in [5, 5.41) is 5.80. The Morgan fingerprint density at radius 1 is 0.880 bits per heavy atom. The Hall–Kier alpha value is -2.67. The van der Waals surface area contributed by atoms with Crippen LogP contribution in [-0.4, -0.2) is 31.5 Å². The first kappa shape index (κ1) is 18.7. The molecule has 2 rings (SSSR count). The monoisotopic (exact) mass is 368 g/mol. The van der Waals surface area contributed by atoms with Crippen molar-refractivity contribution in [2.24, 2.45) is 0 Å². The Morgan fingerprint density at radius 3 is 1.76 bits per heavy atom. The van der Waals surface area contributed by atoms with E-state index in [1.54, 1.807) is 24.3 Å². The topological polar surface area (TPSA) is 67.4 Å². The van der Waals surface area contributed by atoms with E-state index in [4.69, 9.17) is 11.6 Å². The summed E-state index contributed by atoms with van der Waals surface area (Å²) in [5.41, 5.74) is 0.760.